The highest BCUT2D eigenvalue weighted by molar-refractivity contribution is 6.02. The van der Waals surface area contributed by atoms with Crippen LogP contribution in [0.15, 0.2) is 30.5 Å². The second kappa shape index (κ2) is 6.34. The molecule has 0 bridgehead atoms. The molecule has 0 fully saturated rings. The van der Waals surface area contributed by atoms with Gasteiger partial charge in [-0.2, -0.15) is 0 Å². The van der Waals surface area contributed by atoms with Gasteiger partial charge in [0.1, 0.15) is 18.8 Å². The van der Waals surface area contributed by atoms with E-state index in [4.69, 9.17) is 4.74 Å². The largest absolute Gasteiger partial charge is 0.467 e. The zero-order valence-corrected chi connectivity index (χ0v) is 13.7. The number of rotatable bonds is 4. The Labute approximate surface area is 143 Å². The van der Waals surface area contributed by atoms with E-state index in [1.165, 1.54) is 22.8 Å². The molecular weight excluding hydrogens is 328 g/mol. The zero-order chi connectivity index (χ0) is 18.1. The Morgan fingerprint density at radius 2 is 2.12 bits per heavy atom. The number of ether oxygens (including phenoxy) is 1. The fraction of sp³-hybridized carbons (Fsp3) is 0.312. The first-order valence-corrected chi connectivity index (χ1v) is 7.58. The van der Waals surface area contributed by atoms with Crippen molar-refractivity contribution in [2.45, 2.75) is 25.9 Å². The number of aromatic nitrogens is 2. The minimum absolute atomic E-state index is 0.158. The van der Waals surface area contributed by atoms with Crippen LogP contribution in [0.25, 0.3) is 0 Å². The normalized spacial score (nSPS) is 15.8. The molecule has 25 heavy (non-hydrogen) atoms. The predicted molar refractivity (Wildman–Crippen MR) is 87.1 cm³/mol. The maximum absolute atomic E-state index is 12.8. The molecule has 1 aliphatic rings. The molecule has 2 heterocycles. The number of carbonyl (C=O) groups is 2. The van der Waals surface area contributed by atoms with Crippen molar-refractivity contribution in [2.75, 3.05) is 12.0 Å². The molecule has 1 atom stereocenters. The zero-order valence-electron chi connectivity index (χ0n) is 13.7. The van der Waals surface area contributed by atoms with Crippen LogP contribution in [-0.2, 0) is 27.3 Å². The molecular formula is C16H16N4O5. The van der Waals surface area contributed by atoms with Gasteiger partial charge in [-0.3, -0.25) is 14.3 Å². The Kier molecular flexibility index (Phi) is 4.22. The van der Waals surface area contributed by atoms with Gasteiger partial charge in [-0.15, -0.1) is 0 Å². The number of nitro groups is 1. The molecule has 3 rings (SSSR count). The summed E-state index contributed by atoms with van der Waals surface area (Å²) in [5, 5.41) is 10.8. The van der Waals surface area contributed by atoms with E-state index in [1.807, 2.05) is 12.1 Å². The lowest BCUT2D eigenvalue weighted by Gasteiger charge is -2.23. The first-order valence-electron chi connectivity index (χ1n) is 7.58. The Morgan fingerprint density at radius 3 is 2.76 bits per heavy atom. The number of hydrogen-bond donors (Lipinski definition) is 0. The van der Waals surface area contributed by atoms with Gasteiger partial charge in [0.15, 0.2) is 0 Å². The van der Waals surface area contributed by atoms with Crippen LogP contribution in [-0.4, -0.2) is 39.5 Å². The smallest absolute Gasteiger partial charge is 0.381 e. The number of esters is 1. The van der Waals surface area contributed by atoms with E-state index in [2.05, 4.69) is 4.98 Å². The van der Waals surface area contributed by atoms with Crippen LogP contribution < -0.4 is 4.90 Å². The van der Waals surface area contributed by atoms with Gasteiger partial charge in [-0.25, -0.2) is 4.79 Å². The molecule has 0 spiro atoms. The summed E-state index contributed by atoms with van der Waals surface area (Å²) in [6.45, 7) is 1.42. The predicted octanol–water partition coefficient (Wildman–Crippen LogP) is 1.23. The molecule has 1 aliphatic heterocycles. The highest BCUT2D eigenvalue weighted by Gasteiger charge is 2.39. The van der Waals surface area contributed by atoms with Crippen LogP contribution in [0, 0.1) is 17.0 Å². The summed E-state index contributed by atoms with van der Waals surface area (Å²) in [5.41, 5.74) is 1.52. The summed E-state index contributed by atoms with van der Waals surface area (Å²) in [6, 6.07) is 6.50. The summed E-state index contributed by atoms with van der Waals surface area (Å²) >= 11 is 0. The molecule has 9 heteroatoms. The number of methoxy groups -OCH3 is 1. The van der Waals surface area contributed by atoms with Crippen molar-refractivity contribution in [1.29, 1.82) is 0 Å². The molecule has 0 unspecified atom stereocenters. The van der Waals surface area contributed by atoms with Crippen LogP contribution in [0.3, 0.4) is 0 Å². The first-order chi connectivity index (χ1) is 11.9. The molecule has 9 nitrogen and oxygen atoms in total. The summed E-state index contributed by atoms with van der Waals surface area (Å²) in [7, 11) is 1.28. The van der Waals surface area contributed by atoms with Crippen LogP contribution >= 0.6 is 0 Å². The van der Waals surface area contributed by atoms with E-state index in [0.717, 1.165) is 5.56 Å². The van der Waals surface area contributed by atoms with Gasteiger partial charge in [0.25, 0.3) is 0 Å². The molecule has 1 amide bonds. The Bertz CT molecular complexity index is 860. The average molecular weight is 344 g/mol. The number of hydrogen-bond acceptors (Lipinski definition) is 6. The van der Waals surface area contributed by atoms with Crippen molar-refractivity contribution < 1.29 is 19.2 Å². The van der Waals surface area contributed by atoms with E-state index in [1.54, 1.807) is 19.1 Å². The Balaban J connectivity index is 1.91. The number of para-hydroxylation sites is 1. The van der Waals surface area contributed by atoms with E-state index >= 15 is 0 Å². The number of benzene rings is 1. The molecule has 130 valence electrons. The third kappa shape index (κ3) is 2.95. The third-order valence-corrected chi connectivity index (χ3v) is 4.17. The first kappa shape index (κ1) is 16.6. The highest BCUT2D eigenvalue weighted by atomic mass is 16.6. The number of carbonyl (C=O) groups excluding carboxylic acids is 2. The maximum Gasteiger partial charge on any atom is 0.381 e. The van der Waals surface area contributed by atoms with Crippen LogP contribution in [0.1, 0.15) is 11.4 Å². The number of amides is 1. The number of fused-ring (bicyclic) bond motifs is 1. The van der Waals surface area contributed by atoms with Crippen molar-refractivity contribution in [3.63, 3.8) is 0 Å². The highest BCUT2D eigenvalue weighted by Crippen LogP contribution is 2.33. The van der Waals surface area contributed by atoms with Gasteiger partial charge in [-0.05, 0) is 21.5 Å². The monoisotopic (exact) mass is 344 g/mol. The Morgan fingerprint density at radius 1 is 1.40 bits per heavy atom. The molecule has 1 aromatic heterocycles. The lowest BCUT2D eigenvalue weighted by Crippen LogP contribution is -2.45. The van der Waals surface area contributed by atoms with Gasteiger partial charge in [0.05, 0.1) is 7.11 Å². The van der Waals surface area contributed by atoms with Crippen LogP contribution in [0.2, 0.25) is 0 Å². The van der Waals surface area contributed by atoms with E-state index in [-0.39, 0.29) is 18.3 Å². The van der Waals surface area contributed by atoms with Gasteiger partial charge in [0, 0.05) is 19.0 Å². The second-order valence-corrected chi connectivity index (χ2v) is 5.67. The molecule has 0 aliphatic carbocycles. The number of imidazole rings is 1. The molecule has 0 N–H and O–H groups in total. The van der Waals surface area contributed by atoms with E-state index < -0.39 is 16.9 Å². The quantitative estimate of drug-likeness (QED) is 0.469. The standard InChI is InChI=1S/C16H16N4O5/c1-10-17-14(20(23)24)8-18(10)9-15(21)19-12-6-4-3-5-11(12)7-13(19)16(22)25-2/h3-6,8,13H,7,9H2,1-2H3/t13-/m0/s1. The van der Waals surface area contributed by atoms with Gasteiger partial charge >= 0.3 is 11.8 Å². The minimum atomic E-state index is -0.742. The van der Waals surface area contributed by atoms with Crippen LogP contribution in [0.5, 0.6) is 0 Å². The van der Waals surface area contributed by atoms with Gasteiger partial charge in [0.2, 0.25) is 11.7 Å². The number of anilines is 1. The fourth-order valence-electron chi connectivity index (χ4n) is 2.98. The lowest BCUT2D eigenvalue weighted by atomic mass is 10.1. The summed E-state index contributed by atoms with van der Waals surface area (Å²) in [5.74, 6) is -0.840. The Hall–Kier alpha value is -3.23. The van der Waals surface area contributed by atoms with Crippen molar-refractivity contribution >= 4 is 23.4 Å². The molecule has 0 radical (unpaired) electrons. The van der Waals surface area contributed by atoms with Crippen molar-refractivity contribution in [2.24, 2.45) is 0 Å². The van der Waals surface area contributed by atoms with Crippen molar-refractivity contribution in [3.05, 3.63) is 52.0 Å². The minimum Gasteiger partial charge on any atom is -0.467 e. The number of aryl methyl sites for hydroxylation is 1. The SMILES string of the molecule is COC(=O)[C@@H]1Cc2ccccc2N1C(=O)Cn1cc([N+](=O)[O-])nc1C. The third-order valence-electron chi connectivity index (χ3n) is 4.17. The topological polar surface area (TPSA) is 108 Å². The van der Waals surface area contributed by atoms with Crippen molar-refractivity contribution in [3.8, 4) is 0 Å². The van der Waals surface area contributed by atoms with E-state index in [9.17, 15) is 19.7 Å². The summed E-state index contributed by atoms with van der Waals surface area (Å²) < 4.78 is 6.21. The molecule has 2 aromatic rings. The number of nitrogens with zero attached hydrogens (tertiary/aromatic N) is 4. The van der Waals surface area contributed by atoms with Crippen LogP contribution in [0.4, 0.5) is 11.5 Å². The summed E-state index contributed by atoms with van der Waals surface area (Å²) in [6.07, 6.45) is 1.58. The second-order valence-electron chi connectivity index (χ2n) is 5.67. The molecule has 1 aromatic carbocycles. The van der Waals surface area contributed by atoms with Crippen molar-refractivity contribution in [1.82, 2.24) is 9.55 Å². The fourth-order valence-corrected chi connectivity index (χ4v) is 2.98. The average Bonchev–Trinajstić information content (AvgIpc) is 3.15. The molecule has 0 saturated heterocycles. The van der Waals surface area contributed by atoms with Gasteiger partial charge in [-0.1, -0.05) is 18.2 Å². The maximum atomic E-state index is 12.8. The van der Waals surface area contributed by atoms with Gasteiger partial charge < -0.3 is 14.9 Å². The summed E-state index contributed by atoms with van der Waals surface area (Å²) in [4.78, 5) is 40.3. The molecule has 0 saturated carbocycles. The lowest BCUT2D eigenvalue weighted by molar-refractivity contribution is -0.389. The van der Waals surface area contributed by atoms with E-state index in [0.29, 0.717) is 17.9 Å².